The Balaban J connectivity index is 2.43. The number of guanidine groups is 1. The molecule has 0 saturated heterocycles. The van der Waals surface area contributed by atoms with E-state index in [1.54, 1.807) is 0 Å². The van der Waals surface area contributed by atoms with Crippen molar-refractivity contribution < 1.29 is 0 Å². The third-order valence-corrected chi connectivity index (χ3v) is 1.80. The SMILES string of the molecule is CC(C)(C)CN=C(NC#N)NC1CC1. The van der Waals surface area contributed by atoms with Crippen LogP contribution in [0.4, 0.5) is 0 Å². The van der Waals surface area contributed by atoms with Crippen LogP contribution in [0.3, 0.4) is 0 Å². The van der Waals surface area contributed by atoms with Crippen molar-refractivity contribution in [1.82, 2.24) is 10.6 Å². The fourth-order valence-electron chi connectivity index (χ4n) is 0.911. The molecule has 0 atom stereocenters. The molecule has 0 spiro atoms. The number of aliphatic imine (C=N–C) groups is 1. The molecule has 1 fully saturated rings. The van der Waals surface area contributed by atoms with Gasteiger partial charge in [-0.05, 0) is 18.3 Å². The Bertz CT molecular complexity index is 252. The van der Waals surface area contributed by atoms with Gasteiger partial charge < -0.3 is 5.32 Å². The van der Waals surface area contributed by atoms with E-state index in [1.165, 1.54) is 12.8 Å². The van der Waals surface area contributed by atoms with E-state index in [0.29, 0.717) is 12.0 Å². The molecule has 0 amide bonds. The van der Waals surface area contributed by atoms with Crippen molar-refractivity contribution in [3.8, 4) is 6.19 Å². The standard InChI is InChI=1S/C10H18N4/c1-10(2,3)6-12-9(13-7-11)14-8-4-5-8/h8H,4-6H2,1-3H3,(H2,12,13,14). The molecule has 0 aromatic rings. The Morgan fingerprint density at radius 1 is 1.50 bits per heavy atom. The van der Waals surface area contributed by atoms with Crippen LogP contribution in [-0.4, -0.2) is 18.5 Å². The van der Waals surface area contributed by atoms with Gasteiger partial charge in [0.05, 0.1) is 0 Å². The molecule has 0 aliphatic heterocycles. The first-order valence-corrected chi connectivity index (χ1v) is 4.97. The van der Waals surface area contributed by atoms with E-state index in [4.69, 9.17) is 5.26 Å². The maximum absolute atomic E-state index is 8.52. The quantitative estimate of drug-likeness (QED) is 0.301. The minimum atomic E-state index is 0.160. The summed E-state index contributed by atoms with van der Waals surface area (Å²) in [7, 11) is 0. The first-order chi connectivity index (χ1) is 6.51. The van der Waals surface area contributed by atoms with Gasteiger partial charge in [0.1, 0.15) is 0 Å². The lowest BCUT2D eigenvalue weighted by atomic mass is 9.97. The normalized spacial score (nSPS) is 17.4. The Labute approximate surface area is 85.4 Å². The molecular weight excluding hydrogens is 176 g/mol. The molecule has 0 unspecified atom stereocenters. The van der Waals surface area contributed by atoms with Gasteiger partial charge in [0.15, 0.2) is 6.19 Å². The number of rotatable bonds is 2. The van der Waals surface area contributed by atoms with E-state index >= 15 is 0 Å². The van der Waals surface area contributed by atoms with Gasteiger partial charge in [-0.25, -0.2) is 0 Å². The molecule has 0 radical (unpaired) electrons. The highest BCUT2D eigenvalue weighted by Gasteiger charge is 2.22. The van der Waals surface area contributed by atoms with Gasteiger partial charge in [-0.1, -0.05) is 20.8 Å². The number of nitriles is 1. The number of hydrogen-bond donors (Lipinski definition) is 2. The van der Waals surface area contributed by atoms with Crippen LogP contribution in [0.15, 0.2) is 4.99 Å². The fourth-order valence-corrected chi connectivity index (χ4v) is 0.911. The van der Waals surface area contributed by atoms with E-state index in [2.05, 4.69) is 36.4 Å². The molecule has 1 aliphatic rings. The highest BCUT2D eigenvalue weighted by atomic mass is 15.2. The van der Waals surface area contributed by atoms with Gasteiger partial charge in [-0.3, -0.25) is 10.3 Å². The van der Waals surface area contributed by atoms with Crippen molar-refractivity contribution in [1.29, 1.82) is 5.26 Å². The summed E-state index contributed by atoms with van der Waals surface area (Å²) in [6.45, 7) is 7.09. The zero-order valence-electron chi connectivity index (χ0n) is 9.09. The van der Waals surface area contributed by atoms with Gasteiger partial charge in [0.25, 0.3) is 0 Å². The van der Waals surface area contributed by atoms with E-state index in [1.807, 2.05) is 6.19 Å². The summed E-state index contributed by atoms with van der Waals surface area (Å²) in [4.78, 5) is 4.34. The van der Waals surface area contributed by atoms with Crippen LogP contribution in [-0.2, 0) is 0 Å². The largest absolute Gasteiger partial charge is 0.353 e. The maximum atomic E-state index is 8.52. The number of nitrogens with zero attached hydrogens (tertiary/aromatic N) is 2. The molecular formula is C10H18N4. The van der Waals surface area contributed by atoms with Gasteiger partial charge in [0.2, 0.25) is 5.96 Å². The summed E-state index contributed by atoms with van der Waals surface area (Å²) in [5.74, 6) is 0.616. The highest BCUT2D eigenvalue weighted by molar-refractivity contribution is 5.81. The topological polar surface area (TPSA) is 60.2 Å². The maximum Gasteiger partial charge on any atom is 0.204 e. The van der Waals surface area contributed by atoms with Gasteiger partial charge >= 0.3 is 0 Å². The van der Waals surface area contributed by atoms with Crippen molar-refractivity contribution in [2.75, 3.05) is 6.54 Å². The molecule has 4 heteroatoms. The van der Waals surface area contributed by atoms with Crippen LogP contribution >= 0.6 is 0 Å². The number of hydrogen-bond acceptors (Lipinski definition) is 2. The average Bonchev–Trinajstić information content (AvgIpc) is 2.83. The second-order valence-electron chi connectivity index (χ2n) is 4.88. The molecule has 78 valence electrons. The third-order valence-electron chi connectivity index (χ3n) is 1.80. The third kappa shape index (κ3) is 4.70. The predicted molar refractivity (Wildman–Crippen MR) is 56.7 cm³/mol. The van der Waals surface area contributed by atoms with Crippen LogP contribution in [0.25, 0.3) is 0 Å². The molecule has 0 bridgehead atoms. The Kier molecular flexibility index (Phi) is 3.34. The van der Waals surface area contributed by atoms with Crippen LogP contribution in [0.2, 0.25) is 0 Å². The van der Waals surface area contributed by atoms with Crippen LogP contribution in [0.1, 0.15) is 33.6 Å². The first-order valence-electron chi connectivity index (χ1n) is 4.97. The van der Waals surface area contributed by atoms with Crippen molar-refractivity contribution >= 4 is 5.96 Å². The summed E-state index contributed by atoms with van der Waals surface area (Å²) in [5.41, 5.74) is 0.160. The highest BCUT2D eigenvalue weighted by Crippen LogP contribution is 2.18. The zero-order chi connectivity index (χ0) is 10.6. The van der Waals surface area contributed by atoms with Crippen LogP contribution < -0.4 is 10.6 Å². The van der Waals surface area contributed by atoms with Crippen LogP contribution in [0.5, 0.6) is 0 Å². The second kappa shape index (κ2) is 4.32. The molecule has 14 heavy (non-hydrogen) atoms. The Hall–Kier alpha value is -1.24. The average molecular weight is 194 g/mol. The molecule has 1 aliphatic carbocycles. The van der Waals surface area contributed by atoms with Gasteiger partial charge in [-0.2, -0.15) is 5.26 Å². The van der Waals surface area contributed by atoms with Crippen LogP contribution in [0, 0.1) is 16.9 Å². The zero-order valence-corrected chi connectivity index (χ0v) is 9.09. The lowest BCUT2D eigenvalue weighted by molar-refractivity contribution is 0.428. The first kappa shape index (κ1) is 10.8. The number of nitrogens with one attached hydrogen (secondary N) is 2. The van der Waals surface area contributed by atoms with E-state index < -0.39 is 0 Å². The summed E-state index contributed by atoms with van der Waals surface area (Å²) < 4.78 is 0. The lowest BCUT2D eigenvalue weighted by Crippen LogP contribution is -2.36. The summed E-state index contributed by atoms with van der Waals surface area (Å²) in [5, 5.41) is 14.3. The van der Waals surface area contributed by atoms with E-state index in [9.17, 15) is 0 Å². The van der Waals surface area contributed by atoms with Crippen molar-refractivity contribution in [3.05, 3.63) is 0 Å². The van der Waals surface area contributed by atoms with E-state index in [-0.39, 0.29) is 5.41 Å². The molecule has 2 N–H and O–H groups in total. The van der Waals surface area contributed by atoms with Crippen molar-refractivity contribution in [2.24, 2.45) is 10.4 Å². The smallest absolute Gasteiger partial charge is 0.204 e. The molecule has 0 heterocycles. The Morgan fingerprint density at radius 3 is 2.57 bits per heavy atom. The van der Waals surface area contributed by atoms with Crippen molar-refractivity contribution in [3.63, 3.8) is 0 Å². The Morgan fingerprint density at radius 2 is 2.14 bits per heavy atom. The minimum Gasteiger partial charge on any atom is -0.353 e. The summed E-state index contributed by atoms with van der Waals surface area (Å²) >= 11 is 0. The molecule has 0 aromatic heterocycles. The van der Waals surface area contributed by atoms with Gasteiger partial charge in [-0.15, -0.1) is 0 Å². The second-order valence-corrected chi connectivity index (χ2v) is 4.88. The van der Waals surface area contributed by atoms with Crippen molar-refractivity contribution in [2.45, 2.75) is 39.7 Å². The molecule has 4 nitrogen and oxygen atoms in total. The fraction of sp³-hybridized carbons (Fsp3) is 0.800. The summed E-state index contributed by atoms with van der Waals surface area (Å²) in [6.07, 6.45) is 4.26. The minimum absolute atomic E-state index is 0.160. The lowest BCUT2D eigenvalue weighted by Gasteiger charge is -2.15. The molecule has 1 saturated carbocycles. The molecule has 1 rings (SSSR count). The summed E-state index contributed by atoms with van der Waals surface area (Å²) in [6, 6.07) is 0.523. The van der Waals surface area contributed by atoms with Gasteiger partial charge in [0, 0.05) is 12.6 Å². The van der Waals surface area contributed by atoms with E-state index in [0.717, 1.165) is 6.54 Å². The molecule has 0 aromatic carbocycles. The monoisotopic (exact) mass is 194 g/mol. The predicted octanol–water partition coefficient (Wildman–Crippen LogP) is 1.21.